The molecule has 0 aliphatic heterocycles. The highest BCUT2D eigenvalue weighted by Gasteiger charge is 2.11. The predicted molar refractivity (Wildman–Crippen MR) is 88.4 cm³/mol. The molecule has 1 amide bonds. The van der Waals surface area contributed by atoms with E-state index < -0.39 is 5.91 Å². The summed E-state index contributed by atoms with van der Waals surface area (Å²) in [6, 6.07) is 11.0. The summed E-state index contributed by atoms with van der Waals surface area (Å²) < 4.78 is 13.4. The number of halogens is 2. The summed E-state index contributed by atoms with van der Waals surface area (Å²) in [6.45, 7) is 0. The smallest absolute Gasteiger partial charge is 0.276 e. The molecule has 0 saturated heterocycles. The number of aromatic amines is 1. The average molecular weight is 349 g/mol. The first kappa shape index (κ1) is 15.4. The van der Waals surface area contributed by atoms with E-state index in [1.165, 1.54) is 29.7 Å². The minimum Gasteiger partial charge on any atom is -0.276 e. The number of amides is 1. The summed E-state index contributed by atoms with van der Waals surface area (Å²) in [4.78, 5) is 12.8. The normalized spacial score (nSPS) is 11.0. The highest BCUT2D eigenvalue weighted by atomic mass is 35.5. The maximum atomic E-state index is 12.8. The number of thiophene rings is 1. The molecule has 3 rings (SSSR count). The molecular weight excluding hydrogens is 339 g/mol. The Labute approximate surface area is 139 Å². The van der Waals surface area contributed by atoms with Crippen molar-refractivity contribution in [1.29, 1.82) is 0 Å². The van der Waals surface area contributed by atoms with E-state index in [1.54, 1.807) is 24.3 Å². The molecule has 0 radical (unpaired) electrons. The van der Waals surface area contributed by atoms with Gasteiger partial charge in [-0.3, -0.25) is 9.89 Å². The zero-order valence-corrected chi connectivity index (χ0v) is 13.2. The number of nitrogens with zero attached hydrogens (tertiary/aromatic N) is 2. The molecule has 2 heterocycles. The highest BCUT2D eigenvalue weighted by molar-refractivity contribution is 7.19. The average Bonchev–Trinajstić information content (AvgIpc) is 3.18. The van der Waals surface area contributed by atoms with E-state index in [4.69, 9.17) is 11.6 Å². The van der Waals surface area contributed by atoms with Crippen molar-refractivity contribution in [2.24, 2.45) is 5.10 Å². The van der Waals surface area contributed by atoms with Crippen molar-refractivity contribution >= 4 is 35.1 Å². The molecule has 0 aliphatic rings. The van der Waals surface area contributed by atoms with Crippen LogP contribution in [0.15, 0.2) is 47.6 Å². The molecule has 5 nitrogen and oxygen atoms in total. The molecule has 23 heavy (non-hydrogen) atoms. The molecule has 1 aromatic carbocycles. The molecule has 0 unspecified atom stereocenters. The van der Waals surface area contributed by atoms with Crippen molar-refractivity contribution in [1.82, 2.24) is 15.6 Å². The van der Waals surface area contributed by atoms with Crippen molar-refractivity contribution in [3.05, 3.63) is 63.9 Å². The summed E-state index contributed by atoms with van der Waals surface area (Å²) in [5.41, 5.74) is 3.95. The first-order chi connectivity index (χ1) is 11.1. The lowest BCUT2D eigenvalue weighted by Crippen LogP contribution is -2.17. The van der Waals surface area contributed by atoms with Crippen LogP contribution in [0.25, 0.3) is 10.6 Å². The summed E-state index contributed by atoms with van der Waals surface area (Å²) in [5.74, 6) is -0.780. The van der Waals surface area contributed by atoms with E-state index in [2.05, 4.69) is 20.7 Å². The van der Waals surface area contributed by atoms with Crippen molar-refractivity contribution in [3.63, 3.8) is 0 Å². The molecule has 3 aromatic rings. The Morgan fingerprint density at radius 3 is 2.78 bits per heavy atom. The first-order valence-electron chi connectivity index (χ1n) is 6.52. The zero-order chi connectivity index (χ0) is 16.2. The van der Waals surface area contributed by atoms with Gasteiger partial charge in [0.05, 0.1) is 21.1 Å². The number of nitrogens with one attached hydrogen (secondary N) is 2. The summed E-state index contributed by atoms with van der Waals surface area (Å²) in [5, 5.41) is 10.5. The quantitative estimate of drug-likeness (QED) is 0.557. The fraction of sp³-hybridized carbons (Fsp3) is 0. The Hall–Kier alpha value is -2.51. The standard InChI is InChI=1S/C15H10ClFN4OS/c16-14-6-5-13(23-14)11-7-12(20-19-11)15(22)21-18-8-9-1-3-10(17)4-2-9/h1-8H,(H,19,20)(H,21,22)/b18-8+. The van der Waals surface area contributed by atoms with E-state index in [1.807, 2.05) is 6.07 Å². The lowest BCUT2D eigenvalue weighted by molar-refractivity contribution is 0.0950. The van der Waals surface area contributed by atoms with Gasteiger partial charge in [0.2, 0.25) is 0 Å². The van der Waals surface area contributed by atoms with Crippen LogP contribution in [0.1, 0.15) is 16.1 Å². The van der Waals surface area contributed by atoms with E-state index in [0.717, 1.165) is 4.88 Å². The van der Waals surface area contributed by atoms with Gasteiger partial charge in [0.25, 0.3) is 5.91 Å². The van der Waals surface area contributed by atoms with Gasteiger partial charge in [0.15, 0.2) is 5.69 Å². The number of aromatic nitrogens is 2. The molecular formula is C15H10ClFN4OS. The number of H-pyrrole nitrogens is 1. The fourth-order valence-corrected chi connectivity index (χ4v) is 2.80. The van der Waals surface area contributed by atoms with Crippen LogP contribution in [-0.2, 0) is 0 Å². The summed E-state index contributed by atoms with van der Waals surface area (Å²) in [7, 11) is 0. The van der Waals surface area contributed by atoms with Crippen molar-refractivity contribution < 1.29 is 9.18 Å². The topological polar surface area (TPSA) is 70.1 Å². The third kappa shape index (κ3) is 3.82. The van der Waals surface area contributed by atoms with Crippen LogP contribution in [0, 0.1) is 5.82 Å². The van der Waals surface area contributed by atoms with Crippen molar-refractivity contribution in [2.75, 3.05) is 0 Å². The molecule has 2 aromatic heterocycles. The lowest BCUT2D eigenvalue weighted by atomic mass is 10.2. The Morgan fingerprint density at radius 1 is 1.30 bits per heavy atom. The van der Waals surface area contributed by atoms with Crippen LogP contribution in [0.4, 0.5) is 4.39 Å². The minimum atomic E-state index is -0.450. The lowest BCUT2D eigenvalue weighted by Gasteiger charge is -1.95. The third-order valence-electron chi connectivity index (χ3n) is 2.90. The zero-order valence-electron chi connectivity index (χ0n) is 11.6. The maximum Gasteiger partial charge on any atom is 0.291 e. The number of hydrazone groups is 1. The third-order valence-corrected chi connectivity index (χ3v) is 4.16. The molecule has 116 valence electrons. The van der Waals surface area contributed by atoms with Gasteiger partial charge in [-0.05, 0) is 35.9 Å². The molecule has 0 bridgehead atoms. The number of carbonyl (C=O) groups is 1. The van der Waals surface area contributed by atoms with E-state index >= 15 is 0 Å². The Balaban J connectivity index is 1.64. The molecule has 2 N–H and O–H groups in total. The molecule has 0 saturated carbocycles. The fourth-order valence-electron chi connectivity index (χ4n) is 1.79. The van der Waals surface area contributed by atoms with E-state index in [0.29, 0.717) is 15.6 Å². The summed E-state index contributed by atoms with van der Waals surface area (Å²) in [6.07, 6.45) is 1.42. The molecule has 0 atom stereocenters. The van der Waals surface area contributed by atoms with Crippen LogP contribution in [0.3, 0.4) is 0 Å². The number of carbonyl (C=O) groups excluding carboxylic acids is 1. The number of hydrogen-bond acceptors (Lipinski definition) is 4. The maximum absolute atomic E-state index is 12.8. The minimum absolute atomic E-state index is 0.209. The number of benzene rings is 1. The van der Waals surface area contributed by atoms with Gasteiger partial charge >= 0.3 is 0 Å². The van der Waals surface area contributed by atoms with Gasteiger partial charge in [-0.25, -0.2) is 9.82 Å². The molecule has 8 heteroatoms. The van der Waals surface area contributed by atoms with Crippen LogP contribution in [0.5, 0.6) is 0 Å². The predicted octanol–water partition coefficient (Wildman–Crippen LogP) is 3.69. The number of rotatable bonds is 4. The van der Waals surface area contributed by atoms with Crippen LogP contribution in [-0.4, -0.2) is 22.3 Å². The molecule has 0 spiro atoms. The molecule has 0 fully saturated rings. The second-order valence-corrected chi connectivity index (χ2v) is 6.24. The van der Waals surface area contributed by atoms with Gasteiger partial charge in [-0.15, -0.1) is 11.3 Å². The van der Waals surface area contributed by atoms with Gasteiger partial charge in [-0.2, -0.15) is 10.2 Å². The highest BCUT2D eigenvalue weighted by Crippen LogP contribution is 2.29. The molecule has 0 aliphatic carbocycles. The van der Waals surface area contributed by atoms with Gasteiger partial charge in [-0.1, -0.05) is 23.7 Å². The Bertz CT molecular complexity index is 857. The van der Waals surface area contributed by atoms with Crippen LogP contribution < -0.4 is 5.43 Å². The van der Waals surface area contributed by atoms with Gasteiger partial charge in [0.1, 0.15) is 5.82 Å². The van der Waals surface area contributed by atoms with Crippen molar-refractivity contribution in [2.45, 2.75) is 0 Å². The van der Waals surface area contributed by atoms with E-state index in [-0.39, 0.29) is 11.5 Å². The van der Waals surface area contributed by atoms with Gasteiger partial charge < -0.3 is 0 Å². The largest absolute Gasteiger partial charge is 0.291 e. The Kier molecular flexibility index (Phi) is 4.50. The van der Waals surface area contributed by atoms with Crippen LogP contribution >= 0.6 is 22.9 Å². The monoisotopic (exact) mass is 348 g/mol. The SMILES string of the molecule is O=C(N/N=C/c1ccc(F)cc1)c1cc(-c2ccc(Cl)s2)[nH]n1. The second-order valence-electron chi connectivity index (χ2n) is 4.52. The van der Waals surface area contributed by atoms with Gasteiger partial charge in [0, 0.05) is 0 Å². The Morgan fingerprint density at radius 2 is 2.09 bits per heavy atom. The number of hydrogen-bond donors (Lipinski definition) is 2. The van der Waals surface area contributed by atoms with E-state index in [9.17, 15) is 9.18 Å². The summed E-state index contributed by atoms with van der Waals surface area (Å²) >= 11 is 7.26. The van der Waals surface area contributed by atoms with Crippen LogP contribution in [0.2, 0.25) is 4.34 Å². The first-order valence-corrected chi connectivity index (χ1v) is 7.71. The second kappa shape index (κ2) is 6.72. The van der Waals surface area contributed by atoms with Crippen molar-refractivity contribution in [3.8, 4) is 10.6 Å².